The van der Waals surface area contributed by atoms with E-state index in [4.69, 9.17) is 5.11 Å². The minimum Gasteiger partial charge on any atom is -0.392 e. The number of hydrogen-bond donors (Lipinski definition) is 1. The summed E-state index contributed by atoms with van der Waals surface area (Å²) in [6, 6.07) is 5.20. The third-order valence-corrected chi connectivity index (χ3v) is 3.08. The Balaban J connectivity index is 0.00000162. The highest BCUT2D eigenvalue weighted by molar-refractivity contribution is 7.59. The molecule has 1 fully saturated rings. The van der Waals surface area contributed by atoms with E-state index >= 15 is 0 Å². The number of halogens is 3. The van der Waals surface area contributed by atoms with Gasteiger partial charge in [-0.15, -0.1) is 0 Å². The minimum atomic E-state index is -4.17. The molecule has 0 radical (unpaired) electrons. The van der Waals surface area contributed by atoms with Gasteiger partial charge in [0, 0.05) is 12.2 Å². The van der Waals surface area contributed by atoms with Crippen LogP contribution < -0.4 is 4.90 Å². The molecule has 1 N–H and O–H groups in total. The first kappa shape index (κ1) is 15.2. The zero-order valence-electron chi connectivity index (χ0n) is 9.74. The molecule has 1 aliphatic heterocycles. The summed E-state index contributed by atoms with van der Waals surface area (Å²) in [5.41, 5.74) is 1.28. The van der Waals surface area contributed by atoms with Gasteiger partial charge in [-0.1, -0.05) is 12.1 Å². The first-order valence-corrected chi connectivity index (χ1v) is 5.55. The van der Waals surface area contributed by atoms with Crippen LogP contribution in [-0.2, 0) is 6.61 Å². The Morgan fingerprint density at radius 2 is 1.83 bits per heavy atom. The van der Waals surface area contributed by atoms with Gasteiger partial charge in [-0.25, -0.2) is 0 Å². The molecule has 0 aromatic heterocycles. The molecule has 0 bridgehead atoms. The summed E-state index contributed by atoms with van der Waals surface area (Å²) in [6.07, 6.45) is -3.46. The second-order valence-corrected chi connectivity index (χ2v) is 4.22. The van der Waals surface area contributed by atoms with E-state index in [2.05, 4.69) is 0 Å². The summed E-state index contributed by atoms with van der Waals surface area (Å²) in [6.45, 7) is 0.339. The van der Waals surface area contributed by atoms with Gasteiger partial charge >= 0.3 is 6.18 Å². The lowest BCUT2D eigenvalue weighted by Gasteiger charge is -2.28. The fraction of sp³-hybridized carbons (Fsp3) is 0.500. The summed E-state index contributed by atoms with van der Waals surface area (Å²) in [5, 5.41) is 8.88. The Labute approximate surface area is 111 Å². The van der Waals surface area contributed by atoms with Crippen molar-refractivity contribution in [3.8, 4) is 0 Å². The van der Waals surface area contributed by atoms with Crippen molar-refractivity contribution < 1.29 is 18.3 Å². The number of hydrogen-bond acceptors (Lipinski definition) is 2. The van der Waals surface area contributed by atoms with Crippen molar-refractivity contribution in [2.75, 3.05) is 11.4 Å². The molecule has 0 amide bonds. The molecular weight excluding hydrogens is 263 g/mol. The molecular formula is C12H16F3NOS. The van der Waals surface area contributed by atoms with Crippen LogP contribution in [0.25, 0.3) is 0 Å². The molecule has 1 saturated heterocycles. The summed E-state index contributed by atoms with van der Waals surface area (Å²) in [7, 11) is 0. The lowest BCUT2D eigenvalue weighted by Crippen LogP contribution is -2.41. The number of nitrogens with zero attached hydrogens (tertiary/aromatic N) is 1. The maximum absolute atomic E-state index is 12.8. The largest absolute Gasteiger partial charge is 0.408 e. The summed E-state index contributed by atoms with van der Waals surface area (Å²) >= 11 is 0. The first-order chi connectivity index (χ1) is 8.02. The van der Waals surface area contributed by atoms with E-state index in [9.17, 15) is 13.2 Å². The Morgan fingerprint density at radius 1 is 1.22 bits per heavy atom. The Hall–Kier alpha value is -0.880. The maximum Gasteiger partial charge on any atom is 0.408 e. The monoisotopic (exact) mass is 279 g/mol. The van der Waals surface area contributed by atoms with E-state index in [1.54, 1.807) is 24.3 Å². The molecule has 18 heavy (non-hydrogen) atoms. The van der Waals surface area contributed by atoms with Crippen LogP contribution in [0.2, 0.25) is 0 Å². The van der Waals surface area contributed by atoms with E-state index in [1.165, 1.54) is 4.90 Å². The molecule has 1 aromatic carbocycles. The van der Waals surface area contributed by atoms with Crippen LogP contribution in [0, 0.1) is 0 Å². The SMILES string of the molecule is OCc1ccc(N2CCC[C@H]2C(F)(F)F)cc1.S. The van der Waals surface area contributed by atoms with Crippen molar-refractivity contribution >= 4 is 19.2 Å². The van der Waals surface area contributed by atoms with Crippen LogP contribution in [0.5, 0.6) is 0 Å². The molecule has 0 spiro atoms. The van der Waals surface area contributed by atoms with E-state index in [0.29, 0.717) is 24.2 Å². The molecule has 2 rings (SSSR count). The highest BCUT2D eigenvalue weighted by atomic mass is 32.1. The molecule has 0 saturated carbocycles. The van der Waals surface area contributed by atoms with Crippen LogP contribution in [0.4, 0.5) is 18.9 Å². The zero-order valence-corrected chi connectivity index (χ0v) is 10.7. The van der Waals surface area contributed by atoms with Gasteiger partial charge in [0.2, 0.25) is 0 Å². The van der Waals surface area contributed by atoms with E-state index < -0.39 is 12.2 Å². The molecule has 1 aromatic rings. The fourth-order valence-electron chi connectivity index (χ4n) is 2.21. The van der Waals surface area contributed by atoms with Crippen LogP contribution in [0.3, 0.4) is 0 Å². The summed E-state index contributed by atoms with van der Waals surface area (Å²) in [4.78, 5) is 1.39. The van der Waals surface area contributed by atoms with Gasteiger partial charge in [0.25, 0.3) is 0 Å². The molecule has 102 valence electrons. The van der Waals surface area contributed by atoms with Crippen LogP contribution in [0.15, 0.2) is 24.3 Å². The predicted molar refractivity (Wildman–Crippen MR) is 69.2 cm³/mol. The van der Waals surface area contributed by atoms with Crippen LogP contribution in [0.1, 0.15) is 18.4 Å². The summed E-state index contributed by atoms with van der Waals surface area (Å²) in [5.74, 6) is 0. The van der Waals surface area contributed by atoms with Crippen molar-refractivity contribution in [2.24, 2.45) is 0 Å². The van der Waals surface area contributed by atoms with Crippen LogP contribution in [-0.4, -0.2) is 23.9 Å². The number of anilines is 1. The Bertz CT molecular complexity index is 380. The van der Waals surface area contributed by atoms with Gasteiger partial charge < -0.3 is 10.0 Å². The van der Waals surface area contributed by atoms with Crippen molar-refractivity contribution in [1.82, 2.24) is 0 Å². The van der Waals surface area contributed by atoms with Gasteiger partial charge in [-0.3, -0.25) is 0 Å². The quantitative estimate of drug-likeness (QED) is 0.900. The average Bonchev–Trinajstić information content (AvgIpc) is 2.78. The normalized spacial score (nSPS) is 19.8. The van der Waals surface area contributed by atoms with Crippen molar-refractivity contribution in [3.05, 3.63) is 29.8 Å². The predicted octanol–water partition coefficient (Wildman–Crippen LogP) is 2.82. The van der Waals surface area contributed by atoms with Crippen LogP contribution >= 0.6 is 13.5 Å². The Kier molecular flexibility index (Phi) is 4.92. The Morgan fingerprint density at radius 3 is 2.33 bits per heavy atom. The lowest BCUT2D eigenvalue weighted by atomic mass is 10.1. The zero-order chi connectivity index (χ0) is 12.5. The number of aliphatic hydroxyl groups excluding tert-OH is 1. The third-order valence-electron chi connectivity index (χ3n) is 3.08. The van der Waals surface area contributed by atoms with Gasteiger partial charge in [0.05, 0.1) is 6.61 Å². The number of benzene rings is 1. The van der Waals surface area contributed by atoms with E-state index in [1.807, 2.05) is 0 Å². The van der Waals surface area contributed by atoms with Gasteiger partial charge in [0.15, 0.2) is 0 Å². The number of rotatable bonds is 2. The molecule has 1 aliphatic rings. The minimum absolute atomic E-state index is 0. The highest BCUT2D eigenvalue weighted by Crippen LogP contribution is 2.35. The highest BCUT2D eigenvalue weighted by Gasteiger charge is 2.45. The number of alkyl halides is 3. The molecule has 2 nitrogen and oxygen atoms in total. The fourth-order valence-corrected chi connectivity index (χ4v) is 2.21. The topological polar surface area (TPSA) is 23.5 Å². The second kappa shape index (κ2) is 5.84. The van der Waals surface area contributed by atoms with E-state index in [0.717, 1.165) is 0 Å². The maximum atomic E-state index is 12.8. The average molecular weight is 279 g/mol. The molecule has 1 atom stereocenters. The van der Waals surface area contributed by atoms with Crippen molar-refractivity contribution in [1.29, 1.82) is 0 Å². The lowest BCUT2D eigenvalue weighted by molar-refractivity contribution is -0.145. The molecule has 1 heterocycles. The van der Waals surface area contributed by atoms with Gasteiger partial charge in [0.1, 0.15) is 6.04 Å². The number of aliphatic hydroxyl groups is 1. The third kappa shape index (κ3) is 3.11. The molecule has 6 heteroatoms. The van der Waals surface area contributed by atoms with Crippen molar-refractivity contribution in [3.63, 3.8) is 0 Å². The van der Waals surface area contributed by atoms with Gasteiger partial charge in [-0.05, 0) is 30.5 Å². The van der Waals surface area contributed by atoms with E-state index in [-0.39, 0.29) is 26.5 Å². The summed E-state index contributed by atoms with van der Waals surface area (Å²) < 4.78 is 38.3. The first-order valence-electron chi connectivity index (χ1n) is 5.55. The molecule has 0 aliphatic carbocycles. The second-order valence-electron chi connectivity index (χ2n) is 4.22. The standard InChI is InChI=1S/C12H14F3NO.H2S/c13-12(14,15)11-2-1-7-16(11)10-5-3-9(8-17)4-6-10;/h3-6,11,17H,1-2,7-8H2;1H2/t11-;/m0./s1. The smallest absolute Gasteiger partial charge is 0.392 e. The van der Waals surface area contributed by atoms with Crippen molar-refractivity contribution in [2.45, 2.75) is 31.7 Å². The molecule has 0 unspecified atom stereocenters. The van der Waals surface area contributed by atoms with Gasteiger partial charge in [-0.2, -0.15) is 26.7 Å².